The second-order valence-electron chi connectivity index (χ2n) is 4.05. The van der Waals surface area contributed by atoms with Crippen LogP contribution in [0.25, 0.3) is 0 Å². The molecule has 3 nitrogen and oxygen atoms in total. The molecule has 1 aromatic heterocycles. The summed E-state index contributed by atoms with van der Waals surface area (Å²) in [5, 5.41) is 8.64. The zero-order chi connectivity index (χ0) is 13.1. The van der Waals surface area contributed by atoms with Gasteiger partial charge in [0.05, 0.1) is 12.5 Å². The minimum Gasteiger partial charge on any atom is -0.354 e. The first-order valence-electron chi connectivity index (χ1n) is 5.47. The van der Waals surface area contributed by atoms with E-state index in [9.17, 15) is 4.79 Å². The molecular weight excluding hydrogens is 292 g/mol. The maximum Gasteiger partial charge on any atom is 0.210 e. The highest BCUT2D eigenvalue weighted by atomic mass is 79.9. The zero-order valence-corrected chi connectivity index (χ0v) is 11.4. The van der Waals surface area contributed by atoms with Crippen molar-refractivity contribution in [2.24, 2.45) is 0 Å². The van der Waals surface area contributed by atoms with E-state index in [1.165, 1.54) is 0 Å². The number of nitrogens with zero attached hydrogens (tertiary/aromatic N) is 1. The molecule has 0 unspecified atom stereocenters. The van der Waals surface area contributed by atoms with E-state index in [0.717, 1.165) is 11.3 Å². The molecule has 1 heterocycles. The SMILES string of the molecule is Cc1ccc(C(=O)c2[nH]c(CC#N)cc2Br)cc1. The van der Waals surface area contributed by atoms with E-state index in [-0.39, 0.29) is 12.2 Å². The molecule has 18 heavy (non-hydrogen) atoms. The first-order chi connectivity index (χ1) is 8.61. The summed E-state index contributed by atoms with van der Waals surface area (Å²) in [5.41, 5.74) is 2.97. The van der Waals surface area contributed by atoms with Crippen molar-refractivity contribution in [2.75, 3.05) is 0 Å². The Bertz CT molecular complexity index is 620. The molecular formula is C14H11BrN2O. The van der Waals surface area contributed by atoms with E-state index in [1.54, 1.807) is 18.2 Å². The third-order valence-corrected chi connectivity index (χ3v) is 3.26. The maximum atomic E-state index is 12.3. The first-order valence-corrected chi connectivity index (χ1v) is 6.27. The highest BCUT2D eigenvalue weighted by molar-refractivity contribution is 9.10. The second kappa shape index (κ2) is 5.19. The van der Waals surface area contributed by atoms with Crippen LogP contribution < -0.4 is 0 Å². The molecule has 0 aliphatic carbocycles. The van der Waals surface area contributed by atoms with Crippen molar-refractivity contribution in [2.45, 2.75) is 13.3 Å². The molecule has 0 atom stereocenters. The van der Waals surface area contributed by atoms with E-state index >= 15 is 0 Å². The maximum absolute atomic E-state index is 12.3. The summed E-state index contributed by atoms with van der Waals surface area (Å²) in [5.74, 6) is -0.0777. The minimum atomic E-state index is -0.0777. The summed E-state index contributed by atoms with van der Waals surface area (Å²) in [6, 6.07) is 11.2. The van der Waals surface area contributed by atoms with Crippen molar-refractivity contribution >= 4 is 21.7 Å². The van der Waals surface area contributed by atoms with Gasteiger partial charge in [-0.25, -0.2) is 0 Å². The molecule has 2 rings (SSSR count). The van der Waals surface area contributed by atoms with Gasteiger partial charge in [-0.3, -0.25) is 4.79 Å². The van der Waals surface area contributed by atoms with Gasteiger partial charge in [-0.15, -0.1) is 0 Å². The van der Waals surface area contributed by atoms with Crippen molar-refractivity contribution in [1.29, 1.82) is 5.26 Å². The van der Waals surface area contributed by atoms with Gasteiger partial charge in [0.2, 0.25) is 5.78 Å². The number of hydrogen-bond donors (Lipinski definition) is 1. The van der Waals surface area contributed by atoms with Gasteiger partial charge < -0.3 is 4.98 Å². The number of hydrogen-bond acceptors (Lipinski definition) is 2. The van der Waals surface area contributed by atoms with Crippen LogP contribution >= 0.6 is 15.9 Å². The number of carbonyl (C=O) groups is 1. The quantitative estimate of drug-likeness (QED) is 0.884. The van der Waals surface area contributed by atoms with Gasteiger partial charge in [-0.1, -0.05) is 29.8 Å². The summed E-state index contributed by atoms with van der Waals surface area (Å²) in [4.78, 5) is 15.2. The van der Waals surface area contributed by atoms with E-state index in [0.29, 0.717) is 15.7 Å². The van der Waals surface area contributed by atoms with Gasteiger partial charge in [0.1, 0.15) is 5.69 Å². The number of H-pyrrole nitrogens is 1. The average molecular weight is 303 g/mol. The number of ketones is 1. The van der Waals surface area contributed by atoms with Crippen molar-refractivity contribution < 1.29 is 4.79 Å². The predicted molar refractivity (Wildman–Crippen MR) is 72.4 cm³/mol. The van der Waals surface area contributed by atoms with Gasteiger partial charge in [0.25, 0.3) is 0 Å². The Kier molecular flexibility index (Phi) is 3.63. The van der Waals surface area contributed by atoms with Crippen LogP contribution in [0.3, 0.4) is 0 Å². The van der Waals surface area contributed by atoms with Crippen LogP contribution in [0.1, 0.15) is 27.3 Å². The van der Waals surface area contributed by atoms with Gasteiger partial charge in [-0.2, -0.15) is 5.26 Å². The molecule has 1 aromatic carbocycles. The molecule has 0 radical (unpaired) electrons. The van der Waals surface area contributed by atoms with E-state index < -0.39 is 0 Å². The Hall–Kier alpha value is -1.86. The molecule has 4 heteroatoms. The van der Waals surface area contributed by atoms with Crippen LogP contribution in [0.5, 0.6) is 0 Å². The Morgan fingerprint density at radius 2 is 2.06 bits per heavy atom. The molecule has 0 aliphatic rings. The van der Waals surface area contributed by atoms with E-state index in [2.05, 4.69) is 20.9 Å². The molecule has 1 N–H and O–H groups in total. The summed E-state index contributed by atoms with van der Waals surface area (Å²) in [6.07, 6.45) is 0.264. The molecule has 0 saturated carbocycles. The van der Waals surface area contributed by atoms with Crippen LogP contribution in [-0.4, -0.2) is 10.8 Å². The number of aromatic amines is 1. The van der Waals surface area contributed by atoms with Crippen molar-refractivity contribution in [3.8, 4) is 6.07 Å². The Morgan fingerprint density at radius 1 is 1.39 bits per heavy atom. The zero-order valence-electron chi connectivity index (χ0n) is 9.83. The Labute approximate surface area is 114 Å². The molecule has 90 valence electrons. The lowest BCUT2D eigenvalue weighted by molar-refractivity contribution is 0.103. The minimum absolute atomic E-state index is 0.0777. The van der Waals surface area contributed by atoms with Gasteiger partial charge >= 0.3 is 0 Å². The van der Waals surface area contributed by atoms with Crippen LogP contribution in [0.15, 0.2) is 34.8 Å². The normalized spacial score (nSPS) is 10.1. The molecule has 0 bridgehead atoms. The fourth-order valence-electron chi connectivity index (χ4n) is 1.68. The number of carbonyl (C=O) groups excluding carboxylic acids is 1. The lowest BCUT2D eigenvalue weighted by Crippen LogP contribution is -2.02. The van der Waals surface area contributed by atoms with Crippen molar-refractivity contribution in [3.05, 3.63) is 57.3 Å². The molecule has 0 fully saturated rings. The first kappa shape index (κ1) is 12.6. The van der Waals surface area contributed by atoms with E-state index in [1.807, 2.05) is 25.1 Å². The van der Waals surface area contributed by atoms with Gasteiger partial charge in [-0.05, 0) is 28.9 Å². The topological polar surface area (TPSA) is 56.6 Å². The average Bonchev–Trinajstić information content (AvgIpc) is 2.71. The van der Waals surface area contributed by atoms with Crippen molar-refractivity contribution in [1.82, 2.24) is 4.98 Å². The highest BCUT2D eigenvalue weighted by Crippen LogP contribution is 2.21. The van der Waals surface area contributed by atoms with Crippen LogP contribution in [0.2, 0.25) is 0 Å². The standard InChI is InChI=1S/C14H11BrN2O/c1-9-2-4-10(5-3-9)14(18)13-12(15)8-11(17-13)6-7-16/h2-5,8,17H,6H2,1H3. The summed E-state index contributed by atoms with van der Waals surface area (Å²) < 4.78 is 0.693. The fourth-order valence-corrected chi connectivity index (χ4v) is 2.23. The van der Waals surface area contributed by atoms with Crippen LogP contribution in [0.4, 0.5) is 0 Å². The number of benzene rings is 1. The smallest absolute Gasteiger partial charge is 0.210 e. The third kappa shape index (κ3) is 2.52. The Morgan fingerprint density at radius 3 is 2.67 bits per heavy atom. The second-order valence-corrected chi connectivity index (χ2v) is 4.90. The largest absolute Gasteiger partial charge is 0.354 e. The molecule has 0 amide bonds. The molecule has 2 aromatic rings. The van der Waals surface area contributed by atoms with Crippen molar-refractivity contribution in [3.63, 3.8) is 0 Å². The predicted octanol–water partition coefficient (Wildman–Crippen LogP) is 3.38. The molecule has 0 spiro atoms. The molecule has 0 saturated heterocycles. The molecule has 0 aliphatic heterocycles. The lowest BCUT2D eigenvalue weighted by atomic mass is 10.1. The number of aromatic nitrogens is 1. The summed E-state index contributed by atoms with van der Waals surface area (Å²) in [7, 11) is 0. The number of halogens is 1. The Balaban J connectivity index is 2.34. The number of nitriles is 1. The van der Waals surface area contributed by atoms with Gasteiger partial charge in [0, 0.05) is 15.7 Å². The number of rotatable bonds is 3. The summed E-state index contributed by atoms with van der Waals surface area (Å²) in [6.45, 7) is 1.98. The van der Waals surface area contributed by atoms with Crippen LogP contribution in [0, 0.1) is 18.3 Å². The number of nitrogens with one attached hydrogen (secondary N) is 1. The lowest BCUT2D eigenvalue weighted by Gasteiger charge is -2.00. The van der Waals surface area contributed by atoms with E-state index in [4.69, 9.17) is 5.26 Å². The monoisotopic (exact) mass is 302 g/mol. The van der Waals surface area contributed by atoms with Crippen LogP contribution in [-0.2, 0) is 6.42 Å². The fraction of sp³-hybridized carbons (Fsp3) is 0.143. The number of aryl methyl sites for hydroxylation is 1. The third-order valence-electron chi connectivity index (χ3n) is 2.64. The summed E-state index contributed by atoms with van der Waals surface area (Å²) >= 11 is 3.34. The highest BCUT2D eigenvalue weighted by Gasteiger charge is 2.15. The van der Waals surface area contributed by atoms with Gasteiger partial charge in [0.15, 0.2) is 0 Å².